The monoisotopic (exact) mass is 378 g/mol. The van der Waals surface area contributed by atoms with Crippen LogP contribution in [0, 0.1) is 0 Å². The van der Waals surface area contributed by atoms with Gasteiger partial charge in [0.15, 0.2) is 6.23 Å². The van der Waals surface area contributed by atoms with Crippen molar-refractivity contribution in [2.24, 2.45) is 0 Å². The normalized spacial score (nSPS) is 20.6. The molecule has 6 nitrogen and oxygen atoms in total. The van der Waals surface area contributed by atoms with E-state index in [0.29, 0.717) is 0 Å². The largest absolute Gasteiger partial charge is 0.399 e. The highest BCUT2D eigenvalue weighted by atomic mass is 16.5. The molecule has 3 aromatic rings. The lowest BCUT2D eigenvalue weighted by Crippen LogP contribution is -2.36. The second kappa shape index (κ2) is 7.45. The zero-order valence-electron chi connectivity index (χ0n) is 16.0. The molecule has 146 valence electrons. The Hall–Kier alpha value is -2.57. The average Bonchev–Trinajstić information content (AvgIpc) is 3.14. The minimum atomic E-state index is 0.00116. The van der Waals surface area contributed by atoms with Crippen LogP contribution >= 0.6 is 0 Å². The summed E-state index contributed by atoms with van der Waals surface area (Å²) in [6, 6.07) is 14.7. The van der Waals surface area contributed by atoms with Crippen molar-refractivity contribution in [2.45, 2.75) is 25.5 Å². The molecule has 3 heterocycles. The van der Waals surface area contributed by atoms with Crippen LogP contribution in [0.1, 0.15) is 25.5 Å². The van der Waals surface area contributed by atoms with E-state index in [0.717, 1.165) is 73.6 Å². The summed E-state index contributed by atoms with van der Waals surface area (Å²) >= 11 is 0. The lowest BCUT2D eigenvalue weighted by Gasteiger charge is -2.28. The molecule has 2 N–H and O–H groups in total. The van der Waals surface area contributed by atoms with E-state index in [9.17, 15) is 0 Å². The first-order valence-corrected chi connectivity index (χ1v) is 10.1. The molecule has 2 fully saturated rings. The zero-order chi connectivity index (χ0) is 18.9. The van der Waals surface area contributed by atoms with E-state index < -0.39 is 0 Å². The molecule has 2 aliphatic heterocycles. The molecule has 0 aliphatic carbocycles. The molecule has 0 bridgehead atoms. The molecule has 2 aromatic carbocycles. The van der Waals surface area contributed by atoms with Crippen molar-refractivity contribution in [2.75, 3.05) is 43.5 Å². The van der Waals surface area contributed by atoms with Crippen LogP contribution in [0.3, 0.4) is 0 Å². The highest BCUT2D eigenvalue weighted by molar-refractivity contribution is 5.95. The van der Waals surface area contributed by atoms with Gasteiger partial charge < -0.3 is 20.1 Å². The standard InChI is InChI=1S/C22H26N4O2/c23-17-6-9-20-19(15-17)22(24-26(20)21-3-1-2-12-28-21)16-4-7-18(8-5-16)25-10-13-27-14-11-25/h4-9,15,21H,1-3,10-14,23H2. The number of rotatable bonds is 3. The number of hydrogen-bond donors (Lipinski definition) is 1. The first-order valence-electron chi connectivity index (χ1n) is 10.1. The van der Waals surface area contributed by atoms with Crippen LogP contribution in [-0.4, -0.2) is 42.7 Å². The van der Waals surface area contributed by atoms with Gasteiger partial charge >= 0.3 is 0 Å². The molecule has 0 saturated carbocycles. The zero-order valence-corrected chi connectivity index (χ0v) is 16.0. The lowest BCUT2D eigenvalue weighted by molar-refractivity contribution is -0.0365. The average molecular weight is 378 g/mol. The lowest BCUT2D eigenvalue weighted by atomic mass is 10.1. The Labute approximate surface area is 164 Å². The van der Waals surface area contributed by atoms with Crippen LogP contribution in [0.4, 0.5) is 11.4 Å². The summed E-state index contributed by atoms with van der Waals surface area (Å²) < 4.78 is 13.5. The molecule has 5 rings (SSSR count). The fourth-order valence-electron chi connectivity index (χ4n) is 4.16. The van der Waals surface area contributed by atoms with Crippen LogP contribution in [-0.2, 0) is 9.47 Å². The Morgan fingerprint density at radius 3 is 2.54 bits per heavy atom. The van der Waals surface area contributed by atoms with Crippen molar-refractivity contribution in [3.8, 4) is 11.3 Å². The summed E-state index contributed by atoms with van der Waals surface area (Å²) in [7, 11) is 0. The number of benzene rings is 2. The molecule has 0 radical (unpaired) electrons. The molecule has 6 heteroatoms. The minimum absolute atomic E-state index is 0.00116. The summed E-state index contributed by atoms with van der Waals surface area (Å²) in [5.41, 5.74) is 11.2. The van der Waals surface area contributed by atoms with Gasteiger partial charge in [-0.2, -0.15) is 5.10 Å². The smallest absolute Gasteiger partial charge is 0.150 e. The maximum Gasteiger partial charge on any atom is 0.150 e. The third-order valence-corrected chi connectivity index (χ3v) is 5.68. The van der Waals surface area contributed by atoms with Gasteiger partial charge in [-0.25, -0.2) is 4.68 Å². The molecule has 1 atom stereocenters. The summed E-state index contributed by atoms with van der Waals surface area (Å²) in [6.07, 6.45) is 3.29. The molecule has 2 aliphatic rings. The molecular weight excluding hydrogens is 352 g/mol. The molecule has 0 spiro atoms. The molecule has 1 unspecified atom stereocenters. The van der Waals surface area contributed by atoms with Gasteiger partial charge in [0.2, 0.25) is 0 Å². The topological polar surface area (TPSA) is 65.5 Å². The van der Waals surface area contributed by atoms with Gasteiger partial charge in [-0.05, 0) is 49.6 Å². The van der Waals surface area contributed by atoms with Crippen LogP contribution in [0.25, 0.3) is 22.2 Å². The SMILES string of the molecule is Nc1ccc2c(c1)c(-c1ccc(N3CCOCC3)cc1)nn2C1CCCCO1. The Morgan fingerprint density at radius 1 is 0.964 bits per heavy atom. The number of anilines is 2. The first kappa shape index (κ1) is 17.5. The number of aromatic nitrogens is 2. The van der Waals surface area contributed by atoms with E-state index in [1.807, 2.05) is 16.8 Å². The first-order chi connectivity index (χ1) is 13.8. The highest BCUT2D eigenvalue weighted by Crippen LogP contribution is 2.34. The number of ether oxygens (including phenoxy) is 2. The van der Waals surface area contributed by atoms with Crippen LogP contribution in [0.15, 0.2) is 42.5 Å². The van der Waals surface area contributed by atoms with Crippen molar-refractivity contribution < 1.29 is 9.47 Å². The summed E-state index contributed by atoms with van der Waals surface area (Å²) in [4.78, 5) is 2.36. The number of nitrogens with two attached hydrogens (primary N) is 1. The molecule has 28 heavy (non-hydrogen) atoms. The highest BCUT2D eigenvalue weighted by Gasteiger charge is 2.22. The summed E-state index contributed by atoms with van der Waals surface area (Å²) in [5.74, 6) is 0. The fraction of sp³-hybridized carbons (Fsp3) is 0.409. The predicted octanol–water partition coefficient (Wildman–Crippen LogP) is 3.82. The quantitative estimate of drug-likeness (QED) is 0.702. The van der Waals surface area contributed by atoms with E-state index in [1.165, 1.54) is 12.1 Å². The van der Waals surface area contributed by atoms with E-state index in [4.69, 9.17) is 20.3 Å². The van der Waals surface area contributed by atoms with Gasteiger partial charge in [0.05, 0.1) is 18.7 Å². The summed E-state index contributed by atoms with van der Waals surface area (Å²) in [6.45, 7) is 4.25. The van der Waals surface area contributed by atoms with Crippen LogP contribution in [0.5, 0.6) is 0 Å². The Morgan fingerprint density at radius 2 is 1.79 bits per heavy atom. The van der Waals surface area contributed by atoms with Gasteiger partial charge in [-0.1, -0.05) is 12.1 Å². The predicted molar refractivity (Wildman–Crippen MR) is 111 cm³/mol. The van der Waals surface area contributed by atoms with E-state index in [-0.39, 0.29) is 6.23 Å². The van der Waals surface area contributed by atoms with Gasteiger partial charge in [0.1, 0.15) is 5.69 Å². The second-order valence-corrected chi connectivity index (χ2v) is 7.54. The van der Waals surface area contributed by atoms with Gasteiger partial charge in [-0.15, -0.1) is 0 Å². The maximum atomic E-state index is 6.09. The maximum absolute atomic E-state index is 6.09. The number of nitrogen functional groups attached to an aromatic ring is 1. The van der Waals surface area contributed by atoms with Gasteiger partial charge in [0.25, 0.3) is 0 Å². The molecule has 1 aromatic heterocycles. The van der Waals surface area contributed by atoms with E-state index in [2.05, 4.69) is 35.2 Å². The second-order valence-electron chi connectivity index (χ2n) is 7.54. The van der Waals surface area contributed by atoms with Crippen molar-refractivity contribution in [3.63, 3.8) is 0 Å². The van der Waals surface area contributed by atoms with E-state index in [1.54, 1.807) is 0 Å². The molecule has 0 amide bonds. The van der Waals surface area contributed by atoms with Crippen LogP contribution in [0.2, 0.25) is 0 Å². The van der Waals surface area contributed by atoms with Crippen molar-refractivity contribution in [3.05, 3.63) is 42.5 Å². The Kier molecular flexibility index (Phi) is 4.66. The molecule has 2 saturated heterocycles. The van der Waals surface area contributed by atoms with Gasteiger partial charge in [0, 0.05) is 42.0 Å². The van der Waals surface area contributed by atoms with Crippen molar-refractivity contribution in [1.29, 1.82) is 0 Å². The Bertz CT molecular complexity index is 955. The number of morpholine rings is 1. The molecular formula is C22H26N4O2. The third-order valence-electron chi connectivity index (χ3n) is 5.68. The number of hydrogen-bond acceptors (Lipinski definition) is 5. The Balaban J connectivity index is 1.53. The van der Waals surface area contributed by atoms with Crippen molar-refractivity contribution >= 4 is 22.3 Å². The summed E-state index contributed by atoms with van der Waals surface area (Å²) in [5, 5.41) is 6.05. The minimum Gasteiger partial charge on any atom is -0.399 e. The van der Waals surface area contributed by atoms with E-state index >= 15 is 0 Å². The number of fused-ring (bicyclic) bond motifs is 1. The number of nitrogens with zero attached hydrogens (tertiary/aromatic N) is 3. The third kappa shape index (κ3) is 3.23. The van der Waals surface area contributed by atoms with Crippen LogP contribution < -0.4 is 10.6 Å². The van der Waals surface area contributed by atoms with Crippen molar-refractivity contribution in [1.82, 2.24) is 9.78 Å². The van der Waals surface area contributed by atoms with Gasteiger partial charge in [-0.3, -0.25) is 0 Å². The fourth-order valence-corrected chi connectivity index (χ4v) is 4.16.